The van der Waals surface area contributed by atoms with Crippen molar-refractivity contribution in [1.82, 2.24) is 10.2 Å². The molecule has 1 fully saturated rings. The number of hydrogen-bond donors (Lipinski definition) is 3. The molecule has 0 bridgehead atoms. The molecule has 7 heteroatoms. The van der Waals surface area contributed by atoms with Gasteiger partial charge in [-0.2, -0.15) is 0 Å². The molecule has 0 saturated heterocycles. The van der Waals surface area contributed by atoms with E-state index in [1.807, 2.05) is 24.3 Å². The lowest BCUT2D eigenvalue weighted by Crippen LogP contribution is -2.54. The maximum absolute atomic E-state index is 13.3. The van der Waals surface area contributed by atoms with Crippen LogP contribution in [0.15, 0.2) is 36.4 Å². The molecule has 6 nitrogen and oxygen atoms in total. The SMILES string of the molecule is O=C(NC1CCCCC1)[C@@H]1Cc2ccccc2CN1C(=O)c1cc(Cl)c(O)cc1O. The van der Waals surface area contributed by atoms with Crippen molar-refractivity contribution in [3.8, 4) is 11.5 Å². The van der Waals surface area contributed by atoms with Crippen LogP contribution in [0.2, 0.25) is 5.02 Å². The van der Waals surface area contributed by atoms with Gasteiger partial charge in [0.05, 0.1) is 10.6 Å². The Kier molecular flexibility index (Phi) is 5.86. The molecule has 0 spiro atoms. The lowest BCUT2D eigenvalue weighted by Gasteiger charge is -2.37. The first-order chi connectivity index (χ1) is 14.4. The van der Waals surface area contributed by atoms with E-state index in [9.17, 15) is 19.8 Å². The van der Waals surface area contributed by atoms with Gasteiger partial charge in [0.1, 0.15) is 17.5 Å². The molecule has 1 saturated carbocycles. The van der Waals surface area contributed by atoms with E-state index < -0.39 is 11.9 Å². The molecule has 2 aromatic rings. The highest BCUT2D eigenvalue weighted by Gasteiger charge is 2.36. The number of amides is 2. The number of halogens is 1. The van der Waals surface area contributed by atoms with E-state index in [4.69, 9.17) is 11.6 Å². The van der Waals surface area contributed by atoms with Gasteiger partial charge in [-0.15, -0.1) is 0 Å². The summed E-state index contributed by atoms with van der Waals surface area (Å²) in [6, 6.07) is 9.49. The van der Waals surface area contributed by atoms with E-state index in [-0.39, 0.29) is 40.6 Å². The van der Waals surface area contributed by atoms with Gasteiger partial charge in [0.15, 0.2) is 0 Å². The van der Waals surface area contributed by atoms with Crippen molar-refractivity contribution in [3.05, 3.63) is 58.1 Å². The van der Waals surface area contributed by atoms with Crippen molar-refractivity contribution in [2.75, 3.05) is 0 Å². The second-order valence-electron chi connectivity index (χ2n) is 8.09. The van der Waals surface area contributed by atoms with E-state index in [2.05, 4.69) is 5.32 Å². The number of phenolic OH excluding ortho intramolecular Hbond substituents is 2. The molecule has 1 atom stereocenters. The summed E-state index contributed by atoms with van der Waals surface area (Å²) in [5.74, 6) is -1.34. The number of rotatable bonds is 3. The summed E-state index contributed by atoms with van der Waals surface area (Å²) >= 11 is 5.97. The quantitative estimate of drug-likeness (QED) is 0.694. The summed E-state index contributed by atoms with van der Waals surface area (Å²) in [5, 5.41) is 23.0. The van der Waals surface area contributed by atoms with Crippen LogP contribution in [0.4, 0.5) is 0 Å². The molecule has 2 amide bonds. The molecule has 1 aliphatic heterocycles. The average Bonchev–Trinajstić information content (AvgIpc) is 2.75. The molecular formula is C23H25ClN2O4. The summed E-state index contributed by atoms with van der Waals surface area (Å²) < 4.78 is 0. The Bertz CT molecular complexity index is 972. The zero-order valence-corrected chi connectivity index (χ0v) is 17.4. The smallest absolute Gasteiger partial charge is 0.258 e. The van der Waals surface area contributed by atoms with Crippen molar-refractivity contribution in [3.63, 3.8) is 0 Å². The Balaban J connectivity index is 1.64. The first kappa shape index (κ1) is 20.5. The second-order valence-corrected chi connectivity index (χ2v) is 8.49. The molecule has 4 rings (SSSR count). The summed E-state index contributed by atoms with van der Waals surface area (Å²) in [6.07, 6.45) is 5.71. The van der Waals surface area contributed by atoms with Crippen LogP contribution in [0.1, 0.15) is 53.6 Å². The topological polar surface area (TPSA) is 89.9 Å². The third-order valence-electron chi connectivity index (χ3n) is 6.06. The van der Waals surface area contributed by atoms with Gasteiger partial charge in [0.25, 0.3) is 5.91 Å². The Hall–Kier alpha value is -2.73. The van der Waals surface area contributed by atoms with Crippen molar-refractivity contribution >= 4 is 23.4 Å². The van der Waals surface area contributed by atoms with E-state index in [0.29, 0.717) is 6.42 Å². The van der Waals surface area contributed by atoms with Crippen LogP contribution in [0, 0.1) is 0 Å². The first-order valence-corrected chi connectivity index (χ1v) is 10.7. The number of phenols is 2. The summed E-state index contributed by atoms with van der Waals surface area (Å²) in [5.41, 5.74) is 1.97. The normalized spacial score (nSPS) is 19.2. The third kappa shape index (κ3) is 4.10. The Morgan fingerprint density at radius 1 is 1.00 bits per heavy atom. The van der Waals surface area contributed by atoms with Gasteiger partial charge in [0.2, 0.25) is 5.91 Å². The number of hydrogen-bond acceptors (Lipinski definition) is 4. The van der Waals surface area contributed by atoms with Gasteiger partial charge < -0.3 is 20.4 Å². The van der Waals surface area contributed by atoms with Gasteiger partial charge in [-0.05, 0) is 30.0 Å². The van der Waals surface area contributed by atoms with E-state index >= 15 is 0 Å². The lowest BCUT2D eigenvalue weighted by molar-refractivity contribution is -0.127. The number of aromatic hydroxyl groups is 2. The monoisotopic (exact) mass is 428 g/mol. The van der Waals surface area contributed by atoms with Gasteiger partial charge in [-0.3, -0.25) is 9.59 Å². The molecule has 0 unspecified atom stereocenters. The Labute approximate surface area is 180 Å². The van der Waals surface area contributed by atoms with Crippen molar-refractivity contribution in [1.29, 1.82) is 0 Å². The van der Waals surface area contributed by atoms with Crippen LogP contribution in [0.5, 0.6) is 11.5 Å². The summed E-state index contributed by atoms with van der Waals surface area (Å²) in [7, 11) is 0. The fourth-order valence-corrected chi connectivity index (χ4v) is 4.56. The maximum Gasteiger partial charge on any atom is 0.258 e. The minimum atomic E-state index is -0.679. The largest absolute Gasteiger partial charge is 0.507 e. The number of fused-ring (bicyclic) bond motifs is 1. The Morgan fingerprint density at radius 3 is 2.43 bits per heavy atom. The molecule has 1 heterocycles. The van der Waals surface area contributed by atoms with E-state index in [1.54, 1.807) is 0 Å². The minimum Gasteiger partial charge on any atom is -0.507 e. The van der Waals surface area contributed by atoms with Crippen LogP contribution in [0.25, 0.3) is 0 Å². The molecular weight excluding hydrogens is 404 g/mol. The standard InChI is InChI=1S/C23H25ClN2O4/c24-18-11-17(20(27)12-21(18)28)23(30)26-13-15-7-5-4-6-14(15)10-19(26)22(29)25-16-8-2-1-3-9-16/h4-7,11-12,16,19,27-28H,1-3,8-10,13H2,(H,25,29)/t19-/m0/s1. The predicted molar refractivity (Wildman–Crippen MR) is 114 cm³/mol. The van der Waals surface area contributed by atoms with Gasteiger partial charge >= 0.3 is 0 Å². The number of carbonyl (C=O) groups is 2. The van der Waals surface area contributed by atoms with Gasteiger partial charge in [-0.25, -0.2) is 0 Å². The van der Waals surface area contributed by atoms with Crippen molar-refractivity contribution in [2.24, 2.45) is 0 Å². The summed E-state index contributed by atoms with van der Waals surface area (Å²) in [6.45, 7) is 0.260. The molecule has 3 N–H and O–H groups in total. The minimum absolute atomic E-state index is 0.0308. The number of benzene rings is 2. The van der Waals surface area contributed by atoms with Crippen LogP contribution < -0.4 is 5.32 Å². The van der Waals surface area contributed by atoms with Gasteiger partial charge in [0, 0.05) is 25.1 Å². The molecule has 2 aromatic carbocycles. The average molecular weight is 429 g/mol. The molecule has 1 aliphatic carbocycles. The van der Waals surface area contributed by atoms with E-state index in [1.165, 1.54) is 17.4 Å². The molecule has 2 aliphatic rings. The van der Waals surface area contributed by atoms with Gasteiger partial charge in [-0.1, -0.05) is 55.1 Å². The highest BCUT2D eigenvalue weighted by atomic mass is 35.5. The summed E-state index contributed by atoms with van der Waals surface area (Å²) in [4.78, 5) is 28.0. The fourth-order valence-electron chi connectivity index (χ4n) is 4.39. The highest BCUT2D eigenvalue weighted by Crippen LogP contribution is 2.34. The number of nitrogens with one attached hydrogen (secondary N) is 1. The zero-order valence-electron chi connectivity index (χ0n) is 16.6. The van der Waals surface area contributed by atoms with Crippen molar-refractivity contribution < 1.29 is 19.8 Å². The number of nitrogens with zero attached hydrogens (tertiary/aromatic N) is 1. The molecule has 0 radical (unpaired) electrons. The highest BCUT2D eigenvalue weighted by molar-refractivity contribution is 6.32. The van der Waals surface area contributed by atoms with Crippen LogP contribution in [-0.2, 0) is 17.8 Å². The lowest BCUT2D eigenvalue weighted by atomic mass is 9.91. The fraction of sp³-hybridized carbons (Fsp3) is 0.391. The Morgan fingerprint density at radius 2 is 1.70 bits per heavy atom. The molecule has 158 valence electrons. The number of carbonyl (C=O) groups excluding carboxylic acids is 2. The predicted octanol–water partition coefficient (Wildman–Crippen LogP) is 3.77. The van der Waals surface area contributed by atoms with Crippen LogP contribution in [0.3, 0.4) is 0 Å². The van der Waals surface area contributed by atoms with Crippen molar-refractivity contribution in [2.45, 2.75) is 57.2 Å². The molecule has 0 aromatic heterocycles. The zero-order chi connectivity index (χ0) is 21.3. The van der Waals surface area contributed by atoms with Crippen LogP contribution >= 0.6 is 11.6 Å². The first-order valence-electron chi connectivity index (χ1n) is 10.3. The molecule has 30 heavy (non-hydrogen) atoms. The van der Waals surface area contributed by atoms with Crippen LogP contribution in [-0.4, -0.2) is 39.0 Å². The van der Waals surface area contributed by atoms with E-state index in [0.717, 1.165) is 42.9 Å². The third-order valence-corrected chi connectivity index (χ3v) is 6.36. The second kappa shape index (κ2) is 8.56. The maximum atomic E-state index is 13.3.